The molecule has 18 nitrogen and oxygen atoms in total. The van der Waals surface area contributed by atoms with Gasteiger partial charge in [0.25, 0.3) is 0 Å². The third-order valence-corrected chi connectivity index (χ3v) is 13.2. The fourth-order valence-electron chi connectivity index (χ4n) is 8.10. The van der Waals surface area contributed by atoms with Crippen LogP contribution in [0, 0.1) is 23.7 Å². The molecule has 0 saturated heterocycles. The number of nitrogens with zero attached hydrogens (tertiary/aromatic N) is 2. The number of hydrazone groups is 1. The van der Waals surface area contributed by atoms with E-state index >= 15 is 0 Å². The summed E-state index contributed by atoms with van der Waals surface area (Å²) < 4.78 is 43.9. The lowest BCUT2D eigenvalue weighted by Crippen LogP contribution is -2.30. The molecule has 3 aromatic rings. The summed E-state index contributed by atoms with van der Waals surface area (Å²) >= 11 is 1.53. The highest BCUT2D eigenvalue weighted by Gasteiger charge is 2.34. The first-order chi connectivity index (χ1) is 35.4. The smallest absolute Gasteiger partial charge is 0.335 e. The minimum absolute atomic E-state index is 0.0137. The van der Waals surface area contributed by atoms with Crippen LogP contribution < -0.4 is 33.8 Å². The predicted octanol–water partition coefficient (Wildman–Crippen LogP) is 7.51. The zero-order valence-corrected chi connectivity index (χ0v) is 40.4. The Labute approximate surface area is 425 Å². The summed E-state index contributed by atoms with van der Waals surface area (Å²) in [7, 11) is 0. The van der Waals surface area contributed by atoms with Crippen molar-refractivity contribution in [3.05, 3.63) is 135 Å². The van der Waals surface area contributed by atoms with Crippen molar-refractivity contribution >= 4 is 64.9 Å². The Hall–Kier alpha value is -8.06. The van der Waals surface area contributed by atoms with Gasteiger partial charge in [0.2, 0.25) is 0 Å². The second kappa shape index (κ2) is 25.9. The van der Waals surface area contributed by atoms with E-state index in [1.54, 1.807) is 30.3 Å². The van der Waals surface area contributed by atoms with Crippen LogP contribution in [0.3, 0.4) is 0 Å². The maximum atomic E-state index is 13.6. The van der Waals surface area contributed by atoms with Gasteiger partial charge in [-0.2, -0.15) is 5.10 Å². The van der Waals surface area contributed by atoms with Crippen LogP contribution in [0.5, 0.6) is 34.5 Å². The first-order valence-corrected chi connectivity index (χ1v) is 24.4. The number of nitrogens with one attached hydrogen (secondary N) is 1. The topological polar surface area (TPSA) is 230 Å². The number of carbonyl (C=O) groups is 7. The van der Waals surface area contributed by atoms with E-state index in [9.17, 15) is 33.6 Å². The fourth-order valence-corrected chi connectivity index (χ4v) is 9.11. The molecule has 7 rings (SSSR count). The molecule has 380 valence electrons. The number of amidine groups is 1. The highest BCUT2D eigenvalue weighted by molar-refractivity contribution is 8.14. The minimum Gasteiger partial charge on any atom is -0.490 e. The van der Waals surface area contributed by atoms with Crippen LogP contribution in [0.2, 0.25) is 0 Å². The summed E-state index contributed by atoms with van der Waals surface area (Å²) in [6, 6.07) is 16.9. The molecule has 0 bridgehead atoms. The molecule has 1 aliphatic heterocycles. The summed E-state index contributed by atoms with van der Waals surface area (Å²) in [4.78, 5) is 92.6. The van der Waals surface area contributed by atoms with Crippen molar-refractivity contribution in [2.24, 2.45) is 33.8 Å². The Morgan fingerprint density at radius 2 is 1.07 bits per heavy atom. The van der Waals surface area contributed by atoms with Gasteiger partial charge < -0.3 is 37.9 Å². The van der Waals surface area contributed by atoms with E-state index in [-0.39, 0.29) is 47.5 Å². The molecule has 3 atom stereocenters. The summed E-state index contributed by atoms with van der Waals surface area (Å²) in [5, 5.41) is 5.14. The number of thioether (sulfide) groups is 1. The monoisotopic (exact) mass is 1020 g/mol. The Bertz CT molecular complexity index is 2680. The summed E-state index contributed by atoms with van der Waals surface area (Å²) in [6.45, 7) is 9.66. The lowest BCUT2D eigenvalue weighted by molar-refractivity contribution is -0.154. The van der Waals surface area contributed by atoms with Gasteiger partial charge in [0.1, 0.15) is 47.7 Å². The van der Waals surface area contributed by atoms with E-state index in [4.69, 9.17) is 37.9 Å². The SMILES string of the molecule is C=CC(=O)OCC(COc1ccc(OC(=O)C2CCC(C(=O)Oc3ccc(OC(=O)C4CCC(C(=O)Oc5ccc(OC(=O)C=C)cc5)CC4)c(/C=N/NC4=NC5C=CC=CC5S4)c3)CC2)cc1)OC(=O)C=C. The maximum absolute atomic E-state index is 13.6. The highest BCUT2D eigenvalue weighted by Crippen LogP contribution is 2.35. The van der Waals surface area contributed by atoms with E-state index in [0.717, 1.165) is 18.2 Å². The third kappa shape index (κ3) is 15.5. The molecular weight excluding hydrogens is 963 g/mol. The summed E-state index contributed by atoms with van der Waals surface area (Å²) in [5.74, 6) is -4.09. The number of esters is 7. The van der Waals surface area contributed by atoms with E-state index in [0.29, 0.717) is 73.6 Å². The molecule has 3 unspecified atom stereocenters. The average Bonchev–Trinajstić information content (AvgIpc) is 3.83. The zero-order valence-electron chi connectivity index (χ0n) is 39.6. The van der Waals surface area contributed by atoms with Crippen molar-refractivity contribution in [1.82, 2.24) is 5.43 Å². The van der Waals surface area contributed by atoms with Gasteiger partial charge in [-0.1, -0.05) is 55.8 Å². The van der Waals surface area contributed by atoms with Gasteiger partial charge in [-0.25, -0.2) is 14.4 Å². The number of hydrogen-bond donors (Lipinski definition) is 1. The van der Waals surface area contributed by atoms with Crippen LogP contribution in [0.1, 0.15) is 56.9 Å². The zero-order chi connectivity index (χ0) is 51.7. The average molecular weight is 1020 g/mol. The molecule has 19 heteroatoms. The Morgan fingerprint density at radius 1 is 0.589 bits per heavy atom. The summed E-state index contributed by atoms with van der Waals surface area (Å²) in [6.07, 6.45) is 14.7. The van der Waals surface area contributed by atoms with Crippen LogP contribution in [0.25, 0.3) is 0 Å². The number of allylic oxidation sites excluding steroid dienone is 2. The maximum Gasteiger partial charge on any atom is 0.335 e. The number of fused-ring (bicyclic) bond motifs is 1. The molecule has 1 N–H and O–H groups in total. The van der Waals surface area contributed by atoms with Crippen LogP contribution in [-0.4, -0.2) is 83.8 Å². The second-order valence-corrected chi connectivity index (χ2v) is 18.3. The predicted molar refractivity (Wildman–Crippen MR) is 267 cm³/mol. The molecule has 0 radical (unpaired) electrons. The van der Waals surface area contributed by atoms with Crippen molar-refractivity contribution in [2.45, 2.75) is 68.8 Å². The molecule has 2 fully saturated rings. The number of carbonyl (C=O) groups excluding carboxylic acids is 7. The molecule has 3 aromatic carbocycles. The van der Waals surface area contributed by atoms with Gasteiger partial charge in [0.15, 0.2) is 11.3 Å². The van der Waals surface area contributed by atoms with Crippen molar-refractivity contribution in [2.75, 3.05) is 13.2 Å². The molecule has 0 amide bonds. The van der Waals surface area contributed by atoms with Crippen molar-refractivity contribution in [3.63, 3.8) is 0 Å². The Morgan fingerprint density at radius 3 is 1.60 bits per heavy atom. The molecule has 3 aliphatic carbocycles. The standard InChI is InChI=1S/C54H53N3O15S/c1-4-47(58)66-32-43(68-49(60)6-3)31-65-38-19-21-40(22-20-38)69-50(61)33-11-13-35(14-12-33)52(63)71-42-27-28-45(37(29-42)30-55-57-54-56-44-9-7-8-10-46(44)73-54)72-53(64)36-17-15-34(16-18-36)51(62)70-41-25-23-39(24-26-41)67-48(59)5-2/h4-10,19-30,33-36,43-44,46H,1-3,11-18,31-32H2,(H,56,57)/b55-30+. The van der Waals surface area contributed by atoms with E-state index in [1.165, 1.54) is 54.4 Å². The number of benzene rings is 3. The van der Waals surface area contributed by atoms with Crippen LogP contribution in [-0.2, 0) is 43.0 Å². The van der Waals surface area contributed by atoms with Crippen LogP contribution in [0.4, 0.5) is 0 Å². The first-order valence-electron chi connectivity index (χ1n) is 23.5. The van der Waals surface area contributed by atoms with Gasteiger partial charge in [-0.05, 0) is 118 Å². The number of ether oxygens (including phenoxy) is 8. The quantitative estimate of drug-likeness (QED) is 0.0379. The van der Waals surface area contributed by atoms with Crippen LogP contribution >= 0.6 is 11.8 Å². The molecule has 1 heterocycles. The molecule has 0 spiro atoms. The van der Waals surface area contributed by atoms with Crippen LogP contribution in [0.15, 0.2) is 139 Å². The molecule has 2 saturated carbocycles. The molecular formula is C54H53N3O15S. The third-order valence-electron chi connectivity index (χ3n) is 12.1. The number of hydrogen-bond acceptors (Lipinski definition) is 19. The van der Waals surface area contributed by atoms with Crippen molar-refractivity contribution in [3.8, 4) is 34.5 Å². The highest BCUT2D eigenvalue weighted by atomic mass is 32.2. The second-order valence-electron chi connectivity index (χ2n) is 17.1. The fraction of sp³-hybridized carbons (Fsp3) is 0.315. The molecule has 0 aromatic heterocycles. The van der Waals surface area contributed by atoms with Gasteiger partial charge in [-0.15, -0.1) is 0 Å². The number of rotatable bonds is 20. The Kier molecular flexibility index (Phi) is 18.7. The first kappa shape index (κ1) is 52.8. The lowest BCUT2D eigenvalue weighted by atomic mass is 9.82. The van der Waals surface area contributed by atoms with Gasteiger partial charge in [0, 0.05) is 23.8 Å². The van der Waals surface area contributed by atoms with Gasteiger partial charge in [-0.3, -0.25) is 29.6 Å². The van der Waals surface area contributed by atoms with E-state index in [2.05, 4.69) is 41.3 Å². The lowest BCUT2D eigenvalue weighted by Gasteiger charge is -2.26. The summed E-state index contributed by atoms with van der Waals surface area (Å²) in [5.41, 5.74) is 3.32. The van der Waals surface area contributed by atoms with Crippen molar-refractivity contribution < 1.29 is 71.5 Å². The molecule has 4 aliphatic rings. The number of aliphatic imine (C=N–C) groups is 1. The molecule has 73 heavy (non-hydrogen) atoms. The largest absolute Gasteiger partial charge is 0.490 e. The van der Waals surface area contributed by atoms with Crippen molar-refractivity contribution in [1.29, 1.82) is 0 Å². The van der Waals surface area contributed by atoms with Gasteiger partial charge in [0.05, 0.1) is 41.2 Å². The minimum atomic E-state index is -0.918. The Balaban J connectivity index is 0.905. The van der Waals surface area contributed by atoms with Gasteiger partial charge >= 0.3 is 41.8 Å². The normalized spacial score (nSPS) is 21.2. The van der Waals surface area contributed by atoms with E-state index < -0.39 is 71.6 Å². The van der Waals surface area contributed by atoms with E-state index in [1.807, 2.05) is 18.2 Å².